The number of halogens is 1. The Balaban J connectivity index is 1.73. The molecule has 3 nitrogen and oxygen atoms in total. The molecule has 1 N–H and O–H groups in total. The molecule has 1 heterocycles. The summed E-state index contributed by atoms with van der Waals surface area (Å²) in [6, 6.07) is 11.8. The Hall–Kier alpha value is -1.58. The Morgan fingerprint density at radius 2 is 2.16 bits per heavy atom. The van der Waals surface area contributed by atoms with E-state index in [1.165, 1.54) is 5.56 Å². The van der Waals surface area contributed by atoms with E-state index < -0.39 is 0 Å². The first-order chi connectivity index (χ1) is 9.24. The third-order valence-electron chi connectivity index (χ3n) is 2.82. The molecule has 0 unspecified atom stereocenters. The van der Waals surface area contributed by atoms with Crippen LogP contribution in [0, 0.1) is 0 Å². The summed E-state index contributed by atoms with van der Waals surface area (Å²) in [6.07, 6.45) is 3.70. The van der Waals surface area contributed by atoms with Gasteiger partial charge >= 0.3 is 0 Å². The Labute approximate surface area is 119 Å². The minimum atomic E-state index is 0.758. The Morgan fingerprint density at radius 3 is 2.89 bits per heavy atom. The lowest BCUT2D eigenvalue weighted by Gasteiger charge is -2.17. The first kappa shape index (κ1) is 13.8. The van der Waals surface area contributed by atoms with Crippen molar-refractivity contribution in [2.45, 2.75) is 6.54 Å². The second kappa shape index (κ2) is 7.12. The van der Waals surface area contributed by atoms with Crippen LogP contribution in [0.15, 0.2) is 48.8 Å². The van der Waals surface area contributed by atoms with Crippen LogP contribution in [0.3, 0.4) is 0 Å². The lowest BCUT2D eigenvalue weighted by atomic mass is 10.2. The van der Waals surface area contributed by atoms with Crippen LogP contribution in [0.5, 0.6) is 0 Å². The van der Waals surface area contributed by atoms with Crippen molar-refractivity contribution >= 4 is 17.3 Å². The monoisotopic (exact) mass is 275 g/mol. The molecule has 1 aromatic heterocycles. The summed E-state index contributed by atoms with van der Waals surface area (Å²) >= 11 is 5.94. The van der Waals surface area contributed by atoms with Gasteiger partial charge in [-0.25, -0.2) is 0 Å². The number of rotatable bonds is 6. The number of benzene rings is 1. The Bertz CT molecular complexity index is 502. The number of aromatic nitrogens is 1. The summed E-state index contributed by atoms with van der Waals surface area (Å²) < 4.78 is 0. The average molecular weight is 276 g/mol. The van der Waals surface area contributed by atoms with E-state index >= 15 is 0 Å². The quantitative estimate of drug-likeness (QED) is 0.877. The lowest BCUT2D eigenvalue weighted by molar-refractivity contribution is 0.339. The second-order valence-electron chi connectivity index (χ2n) is 4.54. The van der Waals surface area contributed by atoms with Crippen molar-refractivity contribution in [3.8, 4) is 0 Å². The SMILES string of the molecule is CN(CCNc1cccc(Cl)c1)Cc1cccnc1. The lowest BCUT2D eigenvalue weighted by Crippen LogP contribution is -2.24. The van der Waals surface area contributed by atoms with Crippen molar-refractivity contribution in [2.24, 2.45) is 0 Å². The average Bonchev–Trinajstić information content (AvgIpc) is 2.40. The summed E-state index contributed by atoms with van der Waals surface area (Å²) in [6.45, 7) is 2.75. The fourth-order valence-corrected chi connectivity index (χ4v) is 2.06. The van der Waals surface area contributed by atoms with Crippen molar-refractivity contribution in [1.29, 1.82) is 0 Å². The molecule has 0 fully saturated rings. The van der Waals surface area contributed by atoms with Gasteiger partial charge in [-0.15, -0.1) is 0 Å². The van der Waals surface area contributed by atoms with Gasteiger partial charge in [0.05, 0.1) is 0 Å². The van der Waals surface area contributed by atoms with E-state index in [1.807, 2.05) is 36.5 Å². The first-order valence-corrected chi connectivity index (χ1v) is 6.69. The molecule has 0 aliphatic rings. The molecule has 0 amide bonds. The molecule has 0 bridgehead atoms. The van der Waals surface area contributed by atoms with Gasteiger partial charge in [0.25, 0.3) is 0 Å². The molecule has 0 aliphatic heterocycles. The van der Waals surface area contributed by atoms with Crippen LogP contribution < -0.4 is 5.32 Å². The van der Waals surface area contributed by atoms with Crippen molar-refractivity contribution in [1.82, 2.24) is 9.88 Å². The molecule has 0 saturated heterocycles. The van der Waals surface area contributed by atoms with E-state index in [0.29, 0.717) is 0 Å². The Morgan fingerprint density at radius 1 is 1.26 bits per heavy atom. The van der Waals surface area contributed by atoms with E-state index in [1.54, 1.807) is 6.20 Å². The molecule has 2 aromatic rings. The highest BCUT2D eigenvalue weighted by Gasteiger charge is 2.00. The highest BCUT2D eigenvalue weighted by atomic mass is 35.5. The third kappa shape index (κ3) is 4.89. The number of nitrogens with one attached hydrogen (secondary N) is 1. The molecule has 0 aliphatic carbocycles. The van der Waals surface area contributed by atoms with Crippen LogP contribution in [0.2, 0.25) is 5.02 Å². The van der Waals surface area contributed by atoms with E-state index in [0.717, 1.165) is 30.3 Å². The van der Waals surface area contributed by atoms with Gasteiger partial charge in [0, 0.05) is 42.7 Å². The second-order valence-corrected chi connectivity index (χ2v) is 4.97. The smallest absolute Gasteiger partial charge is 0.0426 e. The number of likely N-dealkylation sites (N-methyl/N-ethyl adjacent to an activating group) is 1. The summed E-state index contributed by atoms with van der Waals surface area (Å²) in [5.41, 5.74) is 2.29. The summed E-state index contributed by atoms with van der Waals surface area (Å²) in [5.74, 6) is 0. The fourth-order valence-electron chi connectivity index (χ4n) is 1.87. The van der Waals surface area contributed by atoms with Gasteiger partial charge in [-0.1, -0.05) is 23.7 Å². The molecular formula is C15H18ClN3. The highest BCUT2D eigenvalue weighted by molar-refractivity contribution is 6.30. The highest BCUT2D eigenvalue weighted by Crippen LogP contribution is 2.14. The van der Waals surface area contributed by atoms with Gasteiger partial charge < -0.3 is 10.2 Å². The van der Waals surface area contributed by atoms with Crippen LogP contribution >= 0.6 is 11.6 Å². The van der Waals surface area contributed by atoms with Crippen LogP contribution in [-0.2, 0) is 6.54 Å². The van der Waals surface area contributed by atoms with Crippen LogP contribution in [0.4, 0.5) is 5.69 Å². The van der Waals surface area contributed by atoms with E-state index in [9.17, 15) is 0 Å². The number of hydrogen-bond donors (Lipinski definition) is 1. The van der Waals surface area contributed by atoms with Crippen LogP contribution in [0.25, 0.3) is 0 Å². The molecule has 2 rings (SSSR count). The maximum atomic E-state index is 5.94. The van der Waals surface area contributed by atoms with Gasteiger partial charge in [-0.2, -0.15) is 0 Å². The number of nitrogens with zero attached hydrogens (tertiary/aromatic N) is 2. The minimum absolute atomic E-state index is 0.758. The maximum absolute atomic E-state index is 5.94. The van der Waals surface area contributed by atoms with Crippen LogP contribution in [-0.4, -0.2) is 30.0 Å². The third-order valence-corrected chi connectivity index (χ3v) is 3.06. The van der Waals surface area contributed by atoms with Crippen molar-refractivity contribution in [3.63, 3.8) is 0 Å². The molecule has 19 heavy (non-hydrogen) atoms. The topological polar surface area (TPSA) is 28.2 Å². The van der Waals surface area contributed by atoms with Gasteiger partial charge in [-0.05, 0) is 36.9 Å². The van der Waals surface area contributed by atoms with Crippen LogP contribution in [0.1, 0.15) is 5.56 Å². The molecule has 0 atom stereocenters. The van der Waals surface area contributed by atoms with Gasteiger partial charge in [0.1, 0.15) is 0 Å². The summed E-state index contributed by atoms with van der Waals surface area (Å²) in [7, 11) is 2.10. The van der Waals surface area contributed by atoms with Crippen molar-refractivity contribution < 1.29 is 0 Å². The number of pyridine rings is 1. The zero-order chi connectivity index (χ0) is 13.5. The van der Waals surface area contributed by atoms with Crippen molar-refractivity contribution in [2.75, 3.05) is 25.5 Å². The van der Waals surface area contributed by atoms with E-state index in [-0.39, 0.29) is 0 Å². The van der Waals surface area contributed by atoms with Gasteiger partial charge in [0.15, 0.2) is 0 Å². The standard InChI is InChI=1S/C15H18ClN3/c1-19(12-13-4-3-7-17-11-13)9-8-18-15-6-2-5-14(16)10-15/h2-7,10-11,18H,8-9,12H2,1H3. The molecular weight excluding hydrogens is 258 g/mol. The molecule has 0 saturated carbocycles. The predicted octanol–water partition coefficient (Wildman–Crippen LogP) is 3.28. The van der Waals surface area contributed by atoms with Gasteiger partial charge in [-0.3, -0.25) is 4.98 Å². The zero-order valence-electron chi connectivity index (χ0n) is 11.0. The summed E-state index contributed by atoms with van der Waals surface area (Å²) in [4.78, 5) is 6.38. The van der Waals surface area contributed by atoms with Crippen molar-refractivity contribution in [3.05, 3.63) is 59.4 Å². The largest absolute Gasteiger partial charge is 0.384 e. The number of hydrogen-bond acceptors (Lipinski definition) is 3. The molecule has 0 spiro atoms. The number of anilines is 1. The minimum Gasteiger partial charge on any atom is -0.384 e. The molecule has 4 heteroatoms. The zero-order valence-corrected chi connectivity index (χ0v) is 11.8. The Kier molecular flexibility index (Phi) is 5.19. The maximum Gasteiger partial charge on any atom is 0.0426 e. The fraction of sp³-hybridized carbons (Fsp3) is 0.267. The molecule has 1 aromatic carbocycles. The van der Waals surface area contributed by atoms with E-state index in [2.05, 4.69) is 28.3 Å². The van der Waals surface area contributed by atoms with Gasteiger partial charge in [0.2, 0.25) is 0 Å². The molecule has 100 valence electrons. The van der Waals surface area contributed by atoms with E-state index in [4.69, 9.17) is 11.6 Å². The predicted molar refractivity (Wildman–Crippen MR) is 80.5 cm³/mol. The first-order valence-electron chi connectivity index (χ1n) is 6.31. The molecule has 0 radical (unpaired) electrons. The summed E-state index contributed by atoms with van der Waals surface area (Å²) in [5, 5.41) is 4.12. The normalized spacial score (nSPS) is 10.7.